The van der Waals surface area contributed by atoms with Gasteiger partial charge in [0.15, 0.2) is 0 Å². The van der Waals surface area contributed by atoms with E-state index >= 15 is 0 Å². The summed E-state index contributed by atoms with van der Waals surface area (Å²) in [6.45, 7) is 4.40. The fraction of sp³-hybridized carbons (Fsp3) is 0.300. The number of morpholine rings is 1. The van der Waals surface area contributed by atoms with Crippen LogP contribution in [-0.4, -0.2) is 56.1 Å². The Hall–Kier alpha value is -2.04. The maximum atomic E-state index is 13.0. The Morgan fingerprint density at radius 2 is 1.79 bits per heavy atom. The molecule has 2 aromatic carbocycles. The normalized spacial score (nSPS) is 14.5. The number of carbonyl (C=O) groups is 2. The average Bonchev–Trinajstić information content (AvgIpc) is 2.70. The zero-order valence-corrected chi connectivity index (χ0v) is 17.4. The van der Waals surface area contributed by atoms with Crippen LogP contribution in [0.4, 0.5) is 10.1 Å². The molecule has 8 heteroatoms. The fourth-order valence-electron chi connectivity index (χ4n) is 2.86. The number of anilines is 1. The number of rotatable bonds is 6. The molecule has 6 nitrogen and oxygen atoms in total. The molecule has 2 N–H and O–H groups in total. The molecule has 1 heterocycles. The topological polar surface area (TPSA) is 70.7 Å². The van der Waals surface area contributed by atoms with Crippen LogP contribution in [0, 0.1) is 9.39 Å². The second-order valence-electron chi connectivity index (χ2n) is 6.36. The van der Waals surface area contributed by atoms with Crippen molar-refractivity contribution in [3.8, 4) is 0 Å². The highest BCUT2D eigenvalue weighted by Gasteiger charge is 2.16. The molecule has 148 valence electrons. The molecule has 1 fully saturated rings. The first-order valence-electron chi connectivity index (χ1n) is 8.98. The molecular formula is C20H21FIN3O3. The molecule has 2 aromatic rings. The van der Waals surface area contributed by atoms with Crippen LogP contribution < -0.4 is 10.6 Å². The van der Waals surface area contributed by atoms with Crippen LogP contribution >= 0.6 is 22.6 Å². The number of hydrogen-bond acceptors (Lipinski definition) is 4. The predicted molar refractivity (Wildman–Crippen MR) is 113 cm³/mol. The van der Waals surface area contributed by atoms with Crippen molar-refractivity contribution in [2.75, 3.05) is 44.7 Å². The van der Waals surface area contributed by atoms with E-state index in [9.17, 15) is 14.0 Å². The number of halogens is 2. The summed E-state index contributed by atoms with van der Waals surface area (Å²) >= 11 is 2.12. The van der Waals surface area contributed by atoms with Crippen molar-refractivity contribution in [3.05, 3.63) is 63.0 Å². The smallest absolute Gasteiger partial charge is 0.255 e. The number of amides is 2. The molecule has 1 aliphatic heterocycles. The van der Waals surface area contributed by atoms with Crippen LogP contribution in [0.3, 0.4) is 0 Å². The molecule has 3 rings (SSSR count). The van der Waals surface area contributed by atoms with E-state index in [1.54, 1.807) is 12.1 Å². The largest absolute Gasteiger partial charge is 0.379 e. The molecule has 0 atom stereocenters. The quantitative estimate of drug-likeness (QED) is 0.603. The van der Waals surface area contributed by atoms with E-state index < -0.39 is 11.7 Å². The van der Waals surface area contributed by atoms with E-state index in [1.165, 1.54) is 24.3 Å². The highest BCUT2D eigenvalue weighted by atomic mass is 127. The van der Waals surface area contributed by atoms with Crippen LogP contribution in [0.15, 0.2) is 42.5 Å². The first-order valence-corrected chi connectivity index (χ1v) is 10.1. The maximum Gasteiger partial charge on any atom is 0.255 e. The fourth-order valence-corrected chi connectivity index (χ4v) is 3.35. The van der Waals surface area contributed by atoms with Gasteiger partial charge in [-0.2, -0.15) is 0 Å². The zero-order chi connectivity index (χ0) is 19.9. The van der Waals surface area contributed by atoms with Crippen molar-refractivity contribution in [2.45, 2.75) is 0 Å². The standard InChI is InChI=1S/C20H21FIN3O3/c21-15-3-1-14(2-4-15)19(26)24-18-6-5-16(22)13-17(18)20(27)23-7-8-25-9-11-28-12-10-25/h1-6,13H,7-12H2,(H,23,27)(H,24,26). The van der Waals surface area contributed by atoms with Crippen LogP contribution in [0.5, 0.6) is 0 Å². The molecule has 2 amide bonds. The van der Waals surface area contributed by atoms with E-state index in [0.29, 0.717) is 36.6 Å². The lowest BCUT2D eigenvalue weighted by Crippen LogP contribution is -2.41. The SMILES string of the molecule is O=C(Nc1ccc(I)cc1C(=O)NCCN1CCOCC1)c1ccc(F)cc1. The molecule has 0 bridgehead atoms. The number of ether oxygens (including phenoxy) is 1. The first-order chi connectivity index (χ1) is 13.5. The monoisotopic (exact) mass is 497 g/mol. The molecule has 0 spiro atoms. The molecule has 0 aliphatic carbocycles. The highest BCUT2D eigenvalue weighted by molar-refractivity contribution is 14.1. The van der Waals surface area contributed by atoms with Crippen molar-refractivity contribution in [1.29, 1.82) is 0 Å². The summed E-state index contributed by atoms with van der Waals surface area (Å²) in [5.74, 6) is -1.06. The molecule has 0 radical (unpaired) electrons. The minimum Gasteiger partial charge on any atom is -0.379 e. The Kier molecular flexibility index (Phi) is 7.35. The van der Waals surface area contributed by atoms with Gasteiger partial charge in [-0.25, -0.2) is 4.39 Å². The Morgan fingerprint density at radius 3 is 2.50 bits per heavy atom. The van der Waals surface area contributed by atoms with Gasteiger partial charge in [-0.1, -0.05) is 0 Å². The number of hydrogen-bond donors (Lipinski definition) is 2. The summed E-state index contributed by atoms with van der Waals surface area (Å²) < 4.78 is 19.2. The van der Waals surface area contributed by atoms with Gasteiger partial charge >= 0.3 is 0 Å². The van der Waals surface area contributed by atoms with Gasteiger partial charge in [-0.3, -0.25) is 14.5 Å². The Morgan fingerprint density at radius 1 is 1.07 bits per heavy atom. The lowest BCUT2D eigenvalue weighted by Gasteiger charge is -2.26. The van der Waals surface area contributed by atoms with Gasteiger partial charge in [0.25, 0.3) is 11.8 Å². The van der Waals surface area contributed by atoms with Gasteiger partial charge in [-0.05, 0) is 65.1 Å². The summed E-state index contributed by atoms with van der Waals surface area (Å²) in [6, 6.07) is 10.5. The Bertz CT molecular complexity index is 839. The Balaban J connectivity index is 1.64. The molecule has 0 unspecified atom stereocenters. The van der Waals surface area contributed by atoms with Gasteiger partial charge in [0, 0.05) is 35.3 Å². The third kappa shape index (κ3) is 5.73. The summed E-state index contributed by atoms with van der Waals surface area (Å²) in [5.41, 5.74) is 1.13. The number of carbonyl (C=O) groups excluding carboxylic acids is 2. The van der Waals surface area contributed by atoms with Crippen LogP contribution in [0.25, 0.3) is 0 Å². The third-order valence-corrected chi connectivity index (χ3v) is 5.07. The van der Waals surface area contributed by atoms with E-state index in [4.69, 9.17) is 4.74 Å². The molecule has 28 heavy (non-hydrogen) atoms. The first kappa shape index (κ1) is 20.7. The molecule has 0 aromatic heterocycles. The summed E-state index contributed by atoms with van der Waals surface area (Å²) in [5, 5.41) is 5.65. The minimum atomic E-state index is -0.411. The van der Waals surface area contributed by atoms with Gasteiger partial charge in [0.1, 0.15) is 5.82 Å². The second-order valence-corrected chi connectivity index (χ2v) is 7.61. The van der Waals surface area contributed by atoms with Gasteiger partial charge in [0.05, 0.1) is 24.5 Å². The summed E-state index contributed by atoms with van der Waals surface area (Å²) in [6.07, 6.45) is 0. The summed E-state index contributed by atoms with van der Waals surface area (Å²) in [7, 11) is 0. The lowest BCUT2D eigenvalue weighted by molar-refractivity contribution is 0.0383. The van der Waals surface area contributed by atoms with Crippen LogP contribution in [0.1, 0.15) is 20.7 Å². The van der Waals surface area contributed by atoms with E-state index in [0.717, 1.165) is 23.2 Å². The van der Waals surface area contributed by atoms with Crippen molar-refractivity contribution >= 4 is 40.1 Å². The summed E-state index contributed by atoms with van der Waals surface area (Å²) in [4.78, 5) is 27.3. The van der Waals surface area contributed by atoms with Crippen molar-refractivity contribution < 1.29 is 18.7 Å². The number of nitrogens with one attached hydrogen (secondary N) is 2. The van der Waals surface area contributed by atoms with Gasteiger partial charge < -0.3 is 15.4 Å². The molecule has 1 aliphatic rings. The van der Waals surface area contributed by atoms with E-state index in [2.05, 4.69) is 38.1 Å². The van der Waals surface area contributed by atoms with E-state index in [-0.39, 0.29) is 5.91 Å². The van der Waals surface area contributed by atoms with Crippen molar-refractivity contribution in [1.82, 2.24) is 10.2 Å². The predicted octanol–water partition coefficient (Wildman–Crippen LogP) is 2.74. The molecular weight excluding hydrogens is 476 g/mol. The second kappa shape index (κ2) is 9.94. The maximum absolute atomic E-state index is 13.0. The molecule has 0 saturated carbocycles. The minimum absolute atomic E-state index is 0.249. The highest BCUT2D eigenvalue weighted by Crippen LogP contribution is 2.20. The van der Waals surface area contributed by atoms with Crippen LogP contribution in [-0.2, 0) is 4.74 Å². The van der Waals surface area contributed by atoms with Crippen molar-refractivity contribution in [3.63, 3.8) is 0 Å². The van der Waals surface area contributed by atoms with E-state index in [1.807, 2.05) is 6.07 Å². The zero-order valence-electron chi connectivity index (χ0n) is 15.2. The average molecular weight is 497 g/mol. The van der Waals surface area contributed by atoms with Gasteiger partial charge in [-0.15, -0.1) is 0 Å². The lowest BCUT2D eigenvalue weighted by atomic mass is 10.1. The van der Waals surface area contributed by atoms with Crippen molar-refractivity contribution in [2.24, 2.45) is 0 Å². The van der Waals surface area contributed by atoms with Crippen LogP contribution in [0.2, 0.25) is 0 Å². The number of nitrogens with zero attached hydrogens (tertiary/aromatic N) is 1. The van der Waals surface area contributed by atoms with Gasteiger partial charge in [0.2, 0.25) is 0 Å². The third-order valence-electron chi connectivity index (χ3n) is 4.40. The number of benzene rings is 2. The Labute approximate surface area is 176 Å². The molecule has 1 saturated heterocycles.